The van der Waals surface area contributed by atoms with Crippen molar-refractivity contribution in [2.45, 2.75) is 56.9 Å². The molecule has 0 radical (unpaired) electrons. The Bertz CT molecular complexity index is 561. The van der Waals surface area contributed by atoms with Crippen molar-refractivity contribution in [1.29, 1.82) is 0 Å². The molecule has 3 nitrogen and oxygen atoms in total. The van der Waals surface area contributed by atoms with E-state index in [0.29, 0.717) is 11.9 Å². The highest BCUT2D eigenvalue weighted by atomic mass is 35.5. The number of hydrogen-bond donors (Lipinski definition) is 1. The van der Waals surface area contributed by atoms with Gasteiger partial charge < -0.3 is 5.32 Å². The number of thiophene rings is 1. The van der Waals surface area contributed by atoms with Crippen molar-refractivity contribution in [2.75, 3.05) is 5.32 Å². The van der Waals surface area contributed by atoms with Gasteiger partial charge in [0, 0.05) is 10.9 Å². The second kappa shape index (κ2) is 6.72. The van der Waals surface area contributed by atoms with Crippen LogP contribution in [-0.2, 0) is 5.88 Å². The Hall–Kier alpha value is -0.870. The smallest absolute Gasteiger partial charge is 0.138 e. The lowest BCUT2D eigenvalue weighted by atomic mass is 9.97. The lowest BCUT2D eigenvalue weighted by molar-refractivity contribution is 0.471. The Morgan fingerprint density at radius 2 is 1.90 bits per heavy atom. The van der Waals surface area contributed by atoms with Gasteiger partial charge >= 0.3 is 0 Å². The van der Waals surface area contributed by atoms with Crippen molar-refractivity contribution in [3.8, 4) is 0 Å². The standard InChI is InChI=1S/C15H20ClN3S/c16-9-12-8-13-14(17-10-18-15(13)20-12)19-11-6-4-2-1-3-5-7-11/h8,10-11H,1-7,9H2,(H,17,18,19). The van der Waals surface area contributed by atoms with Gasteiger partial charge in [-0.05, 0) is 18.9 Å². The summed E-state index contributed by atoms with van der Waals surface area (Å²) in [6.07, 6.45) is 10.9. The molecule has 1 fully saturated rings. The molecule has 0 amide bonds. The van der Waals surface area contributed by atoms with Crippen molar-refractivity contribution in [3.05, 3.63) is 17.3 Å². The Morgan fingerprint density at radius 1 is 1.15 bits per heavy atom. The molecule has 0 saturated heterocycles. The first-order valence-corrected chi connectivity index (χ1v) is 8.78. The molecular weight excluding hydrogens is 290 g/mol. The fraction of sp³-hybridized carbons (Fsp3) is 0.600. The lowest BCUT2D eigenvalue weighted by Gasteiger charge is -2.21. The summed E-state index contributed by atoms with van der Waals surface area (Å²) >= 11 is 7.58. The molecular formula is C15H20ClN3S. The summed E-state index contributed by atoms with van der Waals surface area (Å²) in [5.41, 5.74) is 0. The summed E-state index contributed by atoms with van der Waals surface area (Å²) in [4.78, 5) is 11.0. The van der Waals surface area contributed by atoms with Crippen molar-refractivity contribution in [1.82, 2.24) is 9.97 Å². The molecule has 1 aliphatic rings. The maximum atomic E-state index is 5.92. The molecule has 2 aromatic rings. The number of anilines is 1. The number of alkyl halides is 1. The summed E-state index contributed by atoms with van der Waals surface area (Å²) in [5.74, 6) is 1.53. The fourth-order valence-corrected chi connectivity index (χ4v) is 3.97. The minimum absolute atomic E-state index is 0.546. The summed E-state index contributed by atoms with van der Waals surface area (Å²) < 4.78 is 0. The zero-order valence-corrected chi connectivity index (χ0v) is 13.1. The normalized spacial score (nSPS) is 17.9. The Kier molecular flexibility index (Phi) is 4.73. The van der Waals surface area contributed by atoms with Gasteiger partial charge in [-0.2, -0.15) is 0 Å². The Morgan fingerprint density at radius 3 is 2.65 bits per heavy atom. The van der Waals surface area contributed by atoms with Crippen LogP contribution in [0.5, 0.6) is 0 Å². The van der Waals surface area contributed by atoms with Crippen molar-refractivity contribution in [2.24, 2.45) is 0 Å². The average molecular weight is 310 g/mol. The van der Waals surface area contributed by atoms with Gasteiger partial charge in [0.05, 0.1) is 11.3 Å². The Labute approximate surface area is 128 Å². The molecule has 1 N–H and O–H groups in total. The summed E-state index contributed by atoms with van der Waals surface area (Å²) in [7, 11) is 0. The molecule has 108 valence electrons. The molecule has 20 heavy (non-hydrogen) atoms. The minimum atomic E-state index is 0.546. The van der Waals surface area contributed by atoms with E-state index in [1.54, 1.807) is 17.7 Å². The molecule has 0 aromatic carbocycles. The first-order valence-electron chi connectivity index (χ1n) is 7.43. The van der Waals surface area contributed by atoms with Crippen molar-refractivity contribution < 1.29 is 0 Å². The second-order valence-electron chi connectivity index (χ2n) is 5.47. The van der Waals surface area contributed by atoms with Crippen LogP contribution in [-0.4, -0.2) is 16.0 Å². The molecule has 3 rings (SSSR count). The molecule has 0 atom stereocenters. The number of nitrogens with one attached hydrogen (secondary N) is 1. The zero-order valence-electron chi connectivity index (χ0n) is 11.6. The molecule has 1 aliphatic carbocycles. The Balaban J connectivity index is 1.80. The number of rotatable bonds is 3. The van der Waals surface area contributed by atoms with Gasteiger partial charge in [-0.1, -0.05) is 32.1 Å². The van der Waals surface area contributed by atoms with Gasteiger partial charge in [0.25, 0.3) is 0 Å². The topological polar surface area (TPSA) is 37.8 Å². The molecule has 5 heteroatoms. The highest BCUT2D eigenvalue weighted by Crippen LogP contribution is 2.30. The van der Waals surface area contributed by atoms with E-state index in [1.165, 1.54) is 44.9 Å². The van der Waals surface area contributed by atoms with Crippen molar-refractivity contribution in [3.63, 3.8) is 0 Å². The van der Waals surface area contributed by atoms with Crippen molar-refractivity contribution >= 4 is 39.0 Å². The van der Waals surface area contributed by atoms with Crippen LogP contribution in [0.25, 0.3) is 10.2 Å². The van der Waals surface area contributed by atoms with Gasteiger partial charge in [-0.15, -0.1) is 22.9 Å². The third-order valence-electron chi connectivity index (χ3n) is 3.96. The molecule has 2 aromatic heterocycles. The fourth-order valence-electron chi connectivity index (χ4n) is 2.88. The number of halogens is 1. The van der Waals surface area contributed by atoms with E-state index in [-0.39, 0.29) is 0 Å². The third kappa shape index (κ3) is 3.23. The monoisotopic (exact) mass is 309 g/mol. The van der Waals surface area contributed by atoms with Gasteiger partial charge in [0.1, 0.15) is 17.0 Å². The highest BCUT2D eigenvalue weighted by Gasteiger charge is 2.14. The summed E-state index contributed by atoms with van der Waals surface area (Å²) in [6, 6.07) is 2.67. The first-order chi connectivity index (χ1) is 9.86. The molecule has 0 unspecified atom stereocenters. The van der Waals surface area contributed by atoms with Crippen LogP contribution in [0.3, 0.4) is 0 Å². The predicted octanol–water partition coefficient (Wildman–Crippen LogP) is 4.95. The van der Waals surface area contributed by atoms with E-state index in [0.717, 1.165) is 20.9 Å². The van der Waals surface area contributed by atoms with E-state index in [1.807, 2.05) is 0 Å². The van der Waals surface area contributed by atoms with Crippen LogP contribution in [0, 0.1) is 0 Å². The molecule has 1 saturated carbocycles. The minimum Gasteiger partial charge on any atom is -0.367 e. The SMILES string of the molecule is ClCc1cc2c(NC3CCCCCCC3)ncnc2s1. The van der Waals surface area contributed by atoms with E-state index < -0.39 is 0 Å². The number of hydrogen-bond acceptors (Lipinski definition) is 4. The number of nitrogens with zero attached hydrogens (tertiary/aromatic N) is 2. The summed E-state index contributed by atoms with van der Waals surface area (Å²) in [5, 5.41) is 4.76. The van der Waals surface area contributed by atoms with E-state index in [2.05, 4.69) is 21.4 Å². The van der Waals surface area contributed by atoms with Gasteiger partial charge in [0.2, 0.25) is 0 Å². The van der Waals surface area contributed by atoms with Gasteiger partial charge in [-0.3, -0.25) is 0 Å². The molecule has 0 spiro atoms. The molecule has 0 bridgehead atoms. The van der Waals surface area contributed by atoms with E-state index >= 15 is 0 Å². The zero-order chi connectivity index (χ0) is 13.8. The lowest BCUT2D eigenvalue weighted by Crippen LogP contribution is -2.21. The van der Waals surface area contributed by atoms with Crippen LogP contribution < -0.4 is 5.32 Å². The van der Waals surface area contributed by atoms with Gasteiger partial charge in [-0.25, -0.2) is 9.97 Å². The third-order valence-corrected chi connectivity index (χ3v) is 5.45. The number of aromatic nitrogens is 2. The first kappa shape index (κ1) is 14.1. The highest BCUT2D eigenvalue weighted by molar-refractivity contribution is 7.18. The predicted molar refractivity (Wildman–Crippen MR) is 86.7 cm³/mol. The maximum absolute atomic E-state index is 5.92. The largest absolute Gasteiger partial charge is 0.367 e. The number of fused-ring (bicyclic) bond motifs is 1. The van der Waals surface area contributed by atoms with E-state index in [9.17, 15) is 0 Å². The van der Waals surface area contributed by atoms with Crippen LogP contribution >= 0.6 is 22.9 Å². The molecule has 0 aliphatic heterocycles. The average Bonchev–Trinajstić information content (AvgIpc) is 2.85. The maximum Gasteiger partial charge on any atom is 0.138 e. The van der Waals surface area contributed by atoms with Crippen LogP contribution in [0.1, 0.15) is 49.8 Å². The van der Waals surface area contributed by atoms with E-state index in [4.69, 9.17) is 11.6 Å². The molecule has 2 heterocycles. The van der Waals surface area contributed by atoms with Crippen LogP contribution in [0.15, 0.2) is 12.4 Å². The summed E-state index contributed by atoms with van der Waals surface area (Å²) in [6.45, 7) is 0. The van der Waals surface area contributed by atoms with Gasteiger partial charge in [0.15, 0.2) is 0 Å². The quantitative estimate of drug-likeness (QED) is 0.815. The second-order valence-corrected chi connectivity index (χ2v) is 6.86. The van der Waals surface area contributed by atoms with Crippen LogP contribution in [0.4, 0.5) is 5.82 Å². The van der Waals surface area contributed by atoms with Crippen LogP contribution in [0.2, 0.25) is 0 Å².